The molecule has 0 bridgehead atoms. The lowest BCUT2D eigenvalue weighted by molar-refractivity contribution is 0.341. The predicted octanol–water partition coefficient (Wildman–Crippen LogP) is 7.46. The maximum Gasteiger partial charge on any atom is 0.0614 e. The minimum absolute atomic E-state index is 0.150. The lowest BCUT2D eigenvalue weighted by atomic mass is 10.0. The summed E-state index contributed by atoms with van der Waals surface area (Å²) in [7, 11) is 0. The highest BCUT2D eigenvalue weighted by Gasteiger charge is 1.97. The fraction of sp³-hybridized carbons (Fsp3) is 0.583. The van der Waals surface area contributed by atoms with E-state index in [2.05, 4.69) is 65.8 Å². The Hall–Kier alpha value is -1.34. The summed E-state index contributed by atoms with van der Waals surface area (Å²) in [5, 5.41) is 8.94. The summed E-state index contributed by atoms with van der Waals surface area (Å²) in [4.78, 5) is 0. The van der Waals surface area contributed by atoms with Gasteiger partial charge in [0.05, 0.1) is 6.61 Å². The molecule has 0 aliphatic rings. The first-order chi connectivity index (χ1) is 11.8. The number of hydrogen-bond acceptors (Lipinski definition) is 1. The second kappa shape index (κ2) is 15.0. The SMILES string of the molecule is CC(C)=CCCC(C)=CCCC(=CCCC(C)=CCO)CC=C(C)C. The van der Waals surface area contributed by atoms with Crippen LogP contribution < -0.4 is 0 Å². The summed E-state index contributed by atoms with van der Waals surface area (Å²) in [6.07, 6.45) is 19.1. The summed E-state index contributed by atoms with van der Waals surface area (Å²) in [6, 6.07) is 0. The molecule has 0 aromatic heterocycles. The third-order valence-corrected chi connectivity index (χ3v) is 4.23. The third-order valence-electron chi connectivity index (χ3n) is 4.23. The highest BCUT2D eigenvalue weighted by atomic mass is 16.2. The van der Waals surface area contributed by atoms with E-state index in [4.69, 9.17) is 5.11 Å². The van der Waals surface area contributed by atoms with Crippen molar-refractivity contribution >= 4 is 0 Å². The molecule has 0 atom stereocenters. The topological polar surface area (TPSA) is 20.2 Å². The van der Waals surface area contributed by atoms with Gasteiger partial charge in [0.1, 0.15) is 0 Å². The molecule has 25 heavy (non-hydrogen) atoms. The second-order valence-electron chi connectivity index (χ2n) is 7.53. The quantitative estimate of drug-likeness (QED) is 0.364. The van der Waals surface area contributed by atoms with E-state index in [0.717, 1.165) is 38.5 Å². The van der Waals surface area contributed by atoms with Crippen molar-refractivity contribution in [3.63, 3.8) is 0 Å². The van der Waals surface area contributed by atoms with E-state index >= 15 is 0 Å². The first-order valence-corrected chi connectivity index (χ1v) is 9.72. The molecule has 0 spiro atoms. The zero-order valence-electron chi connectivity index (χ0n) is 17.5. The molecule has 1 nitrogen and oxygen atoms in total. The minimum atomic E-state index is 0.150. The van der Waals surface area contributed by atoms with Crippen molar-refractivity contribution in [3.05, 3.63) is 58.2 Å². The predicted molar refractivity (Wildman–Crippen MR) is 114 cm³/mol. The van der Waals surface area contributed by atoms with Crippen LogP contribution in [0.25, 0.3) is 0 Å². The van der Waals surface area contributed by atoms with Crippen LogP contribution in [-0.4, -0.2) is 11.7 Å². The van der Waals surface area contributed by atoms with E-state index in [1.54, 1.807) is 0 Å². The lowest BCUT2D eigenvalue weighted by Crippen LogP contribution is -1.86. The van der Waals surface area contributed by atoms with Crippen LogP contribution >= 0.6 is 0 Å². The molecule has 0 heterocycles. The highest BCUT2D eigenvalue weighted by Crippen LogP contribution is 2.17. The number of aliphatic hydroxyl groups excluding tert-OH is 1. The molecule has 0 unspecified atom stereocenters. The average Bonchev–Trinajstić information content (AvgIpc) is 2.51. The van der Waals surface area contributed by atoms with E-state index in [9.17, 15) is 0 Å². The number of hydrogen-bond donors (Lipinski definition) is 1. The second-order valence-corrected chi connectivity index (χ2v) is 7.53. The fourth-order valence-electron chi connectivity index (χ4n) is 2.58. The van der Waals surface area contributed by atoms with Crippen molar-refractivity contribution in [1.29, 1.82) is 0 Å². The van der Waals surface area contributed by atoms with E-state index in [1.165, 1.54) is 34.3 Å². The molecular weight excluding hydrogens is 304 g/mol. The van der Waals surface area contributed by atoms with Gasteiger partial charge < -0.3 is 5.11 Å². The Morgan fingerprint density at radius 3 is 1.68 bits per heavy atom. The van der Waals surface area contributed by atoms with Gasteiger partial charge in [-0.25, -0.2) is 0 Å². The Balaban J connectivity index is 4.55. The molecule has 1 heteroatoms. The number of allylic oxidation sites excluding steroid dienone is 9. The van der Waals surface area contributed by atoms with Gasteiger partial charge in [-0.1, -0.05) is 58.2 Å². The Bertz CT molecular complexity index is 504. The molecule has 0 aromatic carbocycles. The van der Waals surface area contributed by atoms with Crippen molar-refractivity contribution in [2.45, 2.75) is 86.5 Å². The van der Waals surface area contributed by atoms with E-state index in [0.29, 0.717) is 0 Å². The highest BCUT2D eigenvalue weighted by molar-refractivity contribution is 5.13. The van der Waals surface area contributed by atoms with Gasteiger partial charge in [0.2, 0.25) is 0 Å². The molecule has 0 aromatic rings. The largest absolute Gasteiger partial charge is 0.392 e. The Labute approximate surface area is 156 Å². The van der Waals surface area contributed by atoms with E-state index < -0.39 is 0 Å². The van der Waals surface area contributed by atoms with Crippen LogP contribution in [0.2, 0.25) is 0 Å². The molecule has 1 N–H and O–H groups in total. The molecule has 0 amide bonds. The fourth-order valence-corrected chi connectivity index (χ4v) is 2.58. The van der Waals surface area contributed by atoms with Crippen LogP contribution in [-0.2, 0) is 0 Å². The van der Waals surface area contributed by atoms with E-state index in [1.807, 2.05) is 6.08 Å². The maximum atomic E-state index is 8.94. The summed E-state index contributed by atoms with van der Waals surface area (Å²) in [5.74, 6) is 0. The zero-order valence-corrected chi connectivity index (χ0v) is 17.5. The van der Waals surface area contributed by atoms with Crippen LogP contribution in [0.4, 0.5) is 0 Å². The maximum absolute atomic E-state index is 8.94. The van der Waals surface area contributed by atoms with Crippen LogP contribution in [0.3, 0.4) is 0 Å². The molecule has 0 radical (unpaired) electrons. The Kier molecular flexibility index (Phi) is 14.2. The van der Waals surface area contributed by atoms with Crippen molar-refractivity contribution < 1.29 is 5.11 Å². The van der Waals surface area contributed by atoms with Gasteiger partial charge in [0, 0.05) is 0 Å². The summed E-state index contributed by atoms with van der Waals surface area (Å²) in [6.45, 7) is 13.2. The van der Waals surface area contributed by atoms with Gasteiger partial charge >= 0.3 is 0 Å². The van der Waals surface area contributed by atoms with Crippen molar-refractivity contribution in [3.8, 4) is 0 Å². The normalized spacial score (nSPS) is 13.0. The zero-order chi connectivity index (χ0) is 19.1. The Morgan fingerprint density at radius 2 is 1.12 bits per heavy atom. The van der Waals surface area contributed by atoms with Crippen molar-refractivity contribution in [2.75, 3.05) is 6.61 Å². The summed E-state index contributed by atoms with van der Waals surface area (Å²) < 4.78 is 0. The lowest BCUT2D eigenvalue weighted by Gasteiger charge is -2.06. The standard InChI is InChI=1S/C24H40O/c1-20(2)10-7-11-22(5)12-8-14-24(17-16-21(3)4)15-9-13-23(6)18-19-25/h10,12,15-16,18,25H,7-9,11,13-14,17,19H2,1-6H3. The molecule has 0 fully saturated rings. The smallest absolute Gasteiger partial charge is 0.0614 e. The molecule has 0 rings (SSSR count). The van der Waals surface area contributed by atoms with Crippen molar-refractivity contribution in [2.24, 2.45) is 0 Å². The van der Waals surface area contributed by atoms with Gasteiger partial charge in [-0.05, 0) is 86.5 Å². The Morgan fingerprint density at radius 1 is 0.600 bits per heavy atom. The van der Waals surface area contributed by atoms with Gasteiger partial charge in [-0.15, -0.1) is 0 Å². The molecule has 0 saturated heterocycles. The number of rotatable bonds is 12. The first-order valence-electron chi connectivity index (χ1n) is 9.72. The molecule has 142 valence electrons. The molecule has 0 saturated carbocycles. The molecular formula is C24H40O. The van der Waals surface area contributed by atoms with Gasteiger partial charge in [0.25, 0.3) is 0 Å². The van der Waals surface area contributed by atoms with Gasteiger partial charge in [-0.3, -0.25) is 0 Å². The average molecular weight is 345 g/mol. The summed E-state index contributed by atoms with van der Waals surface area (Å²) >= 11 is 0. The van der Waals surface area contributed by atoms with Gasteiger partial charge in [0.15, 0.2) is 0 Å². The molecule has 0 aliphatic heterocycles. The third kappa shape index (κ3) is 15.9. The van der Waals surface area contributed by atoms with Crippen LogP contribution in [0, 0.1) is 0 Å². The van der Waals surface area contributed by atoms with Crippen LogP contribution in [0.1, 0.15) is 86.5 Å². The van der Waals surface area contributed by atoms with Crippen LogP contribution in [0.5, 0.6) is 0 Å². The van der Waals surface area contributed by atoms with Crippen molar-refractivity contribution in [1.82, 2.24) is 0 Å². The van der Waals surface area contributed by atoms with E-state index in [-0.39, 0.29) is 6.61 Å². The first kappa shape index (κ1) is 23.7. The van der Waals surface area contributed by atoms with Gasteiger partial charge in [-0.2, -0.15) is 0 Å². The summed E-state index contributed by atoms with van der Waals surface area (Å²) in [5.41, 5.74) is 7.10. The number of aliphatic hydroxyl groups is 1. The monoisotopic (exact) mass is 344 g/mol. The van der Waals surface area contributed by atoms with Crippen LogP contribution in [0.15, 0.2) is 58.2 Å². The molecule has 0 aliphatic carbocycles. The minimum Gasteiger partial charge on any atom is -0.392 e.